The minimum atomic E-state index is -0.171. The van der Waals surface area contributed by atoms with Crippen LogP contribution in [-0.4, -0.2) is 45.5 Å². The van der Waals surface area contributed by atoms with Crippen LogP contribution in [0, 0.1) is 0 Å². The summed E-state index contributed by atoms with van der Waals surface area (Å²) in [5.74, 6) is 0.826. The second-order valence-corrected chi connectivity index (χ2v) is 8.83. The van der Waals surface area contributed by atoms with Crippen LogP contribution in [0.3, 0.4) is 0 Å². The Labute approximate surface area is 194 Å². The van der Waals surface area contributed by atoms with E-state index in [0.29, 0.717) is 18.8 Å². The van der Waals surface area contributed by atoms with E-state index < -0.39 is 0 Å². The number of aliphatic hydroxyl groups excluding tert-OH is 1. The Hall–Kier alpha value is -3.16. The van der Waals surface area contributed by atoms with E-state index in [-0.39, 0.29) is 18.6 Å². The summed E-state index contributed by atoms with van der Waals surface area (Å²) in [5.41, 5.74) is 6.08. The van der Waals surface area contributed by atoms with E-state index in [2.05, 4.69) is 33.5 Å². The molecule has 1 atom stereocenters. The van der Waals surface area contributed by atoms with Crippen molar-refractivity contribution in [3.63, 3.8) is 0 Å². The summed E-state index contributed by atoms with van der Waals surface area (Å²) in [5, 5.41) is 17.2. The molecule has 1 aromatic heterocycles. The Morgan fingerprint density at radius 1 is 1.21 bits per heavy atom. The molecule has 2 aliphatic heterocycles. The number of hydrogen-bond donors (Lipinski definition) is 2. The molecule has 1 amide bonds. The van der Waals surface area contributed by atoms with Crippen LogP contribution in [0.4, 0.5) is 0 Å². The highest BCUT2D eigenvalue weighted by atomic mass is 16.5. The van der Waals surface area contributed by atoms with E-state index >= 15 is 0 Å². The Balaban J connectivity index is 1.35. The van der Waals surface area contributed by atoms with Crippen molar-refractivity contribution >= 4 is 5.91 Å². The van der Waals surface area contributed by atoms with Gasteiger partial charge in [0.05, 0.1) is 25.8 Å². The Morgan fingerprint density at radius 3 is 2.88 bits per heavy atom. The number of aliphatic hydroxyl groups is 1. The number of ether oxygens (including phenoxy) is 1. The minimum absolute atomic E-state index is 0.00346. The van der Waals surface area contributed by atoms with Gasteiger partial charge in [-0.1, -0.05) is 42.5 Å². The number of carbonyl (C=O) groups excluding carboxylic acids is 1. The molecule has 2 N–H and O–H groups in total. The molecule has 0 spiro atoms. The quantitative estimate of drug-likeness (QED) is 0.584. The summed E-state index contributed by atoms with van der Waals surface area (Å²) in [7, 11) is 0. The van der Waals surface area contributed by atoms with Crippen LogP contribution < -0.4 is 10.1 Å². The highest BCUT2D eigenvalue weighted by Crippen LogP contribution is 2.28. The van der Waals surface area contributed by atoms with Crippen LogP contribution in [0.2, 0.25) is 0 Å². The highest BCUT2D eigenvalue weighted by molar-refractivity contribution is 5.94. The predicted octanol–water partition coefficient (Wildman–Crippen LogP) is 2.86. The molecular formula is C26H30N4O3. The van der Waals surface area contributed by atoms with Gasteiger partial charge in [-0.2, -0.15) is 5.10 Å². The molecule has 0 saturated heterocycles. The third-order valence-electron chi connectivity index (χ3n) is 6.55. The lowest BCUT2D eigenvalue weighted by molar-refractivity contribution is 0.0931. The zero-order valence-electron chi connectivity index (χ0n) is 19.0. The van der Waals surface area contributed by atoms with Crippen LogP contribution in [-0.2, 0) is 32.5 Å². The van der Waals surface area contributed by atoms with Gasteiger partial charge in [-0.3, -0.25) is 14.4 Å². The number of nitrogens with zero attached hydrogens (tertiary/aromatic N) is 3. The number of nitrogens with one attached hydrogen (secondary N) is 1. The van der Waals surface area contributed by atoms with E-state index in [1.54, 1.807) is 0 Å². The van der Waals surface area contributed by atoms with Crippen LogP contribution in [0.5, 0.6) is 5.75 Å². The predicted molar refractivity (Wildman–Crippen MR) is 125 cm³/mol. The molecule has 7 nitrogen and oxygen atoms in total. The molecule has 2 aromatic carbocycles. The second-order valence-electron chi connectivity index (χ2n) is 8.83. The van der Waals surface area contributed by atoms with Crippen molar-refractivity contribution in [1.82, 2.24) is 20.0 Å². The maximum absolute atomic E-state index is 13.2. The van der Waals surface area contributed by atoms with Crippen molar-refractivity contribution in [3.8, 4) is 5.75 Å². The number of fused-ring (bicyclic) bond motifs is 2. The standard InChI is InChI=1S/C26H30N4O3/c1-18(20-5-3-2-4-6-20)27-26(32)25-22-17-29(11-9-23(22)30(28-25)12-13-31)16-19-7-8-24-21(15-19)10-14-33-24/h2-8,15,18,31H,9-14,16-17H2,1H3,(H,27,32)/t18-/m0/s1. The van der Waals surface area contributed by atoms with Gasteiger partial charge in [0.2, 0.25) is 0 Å². The minimum Gasteiger partial charge on any atom is -0.493 e. The smallest absolute Gasteiger partial charge is 0.272 e. The molecule has 0 saturated carbocycles. The van der Waals surface area contributed by atoms with Crippen LogP contribution in [0.15, 0.2) is 48.5 Å². The molecule has 7 heteroatoms. The zero-order chi connectivity index (χ0) is 22.8. The van der Waals surface area contributed by atoms with E-state index in [1.807, 2.05) is 41.9 Å². The summed E-state index contributed by atoms with van der Waals surface area (Å²) >= 11 is 0. The number of hydrogen-bond acceptors (Lipinski definition) is 5. The molecule has 0 unspecified atom stereocenters. The van der Waals surface area contributed by atoms with Gasteiger partial charge in [0.15, 0.2) is 5.69 Å². The van der Waals surface area contributed by atoms with Crippen LogP contribution in [0.25, 0.3) is 0 Å². The van der Waals surface area contributed by atoms with Gasteiger partial charge in [-0.25, -0.2) is 0 Å². The lowest BCUT2D eigenvalue weighted by Gasteiger charge is -2.28. The molecular weight excluding hydrogens is 416 g/mol. The SMILES string of the molecule is C[C@H](NC(=O)c1nn(CCO)c2c1CN(Cc1ccc3c(c1)CCO3)CC2)c1ccccc1. The fourth-order valence-corrected chi connectivity index (χ4v) is 4.83. The molecule has 3 aromatic rings. The van der Waals surface area contributed by atoms with Gasteiger partial charge in [-0.15, -0.1) is 0 Å². The third kappa shape index (κ3) is 4.51. The third-order valence-corrected chi connectivity index (χ3v) is 6.55. The highest BCUT2D eigenvalue weighted by Gasteiger charge is 2.29. The molecule has 0 aliphatic carbocycles. The molecule has 0 fully saturated rings. The molecule has 5 rings (SSSR count). The molecule has 33 heavy (non-hydrogen) atoms. The zero-order valence-corrected chi connectivity index (χ0v) is 19.0. The Morgan fingerprint density at radius 2 is 2.06 bits per heavy atom. The molecule has 172 valence electrons. The van der Waals surface area contributed by atoms with Gasteiger partial charge in [-0.05, 0) is 29.7 Å². The average Bonchev–Trinajstić information content (AvgIpc) is 3.44. The second kappa shape index (κ2) is 9.37. The lowest BCUT2D eigenvalue weighted by Crippen LogP contribution is -2.33. The molecule has 0 radical (unpaired) electrons. The van der Waals surface area contributed by atoms with Gasteiger partial charge < -0.3 is 15.2 Å². The maximum Gasteiger partial charge on any atom is 0.272 e. The average molecular weight is 447 g/mol. The van der Waals surface area contributed by atoms with Gasteiger partial charge in [0, 0.05) is 43.7 Å². The first-order valence-corrected chi connectivity index (χ1v) is 11.6. The number of rotatable bonds is 7. The number of amides is 1. The van der Waals surface area contributed by atoms with Crippen LogP contribution >= 0.6 is 0 Å². The topological polar surface area (TPSA) is 79.6 Å². The monoisotopic (exact) mass is 446 g/mol. The lowest BCUT2D eigenvalue weighted by atomic mass is 10.0. The summed E-state index contributed by atoms with van der Waals surface area (Å²) in [6.45, 7) is 5.50. The van der Waals surface area contributed by atoms with Gasteiger partial charge in [0.25, 0.3) is 5.91 Å². The Bertz CT molecular complexity index is 1140. The van der Waals surface area contributed by atoms with Crippen LogP contribution in [0.1, 0.15) is 51.4 Å². The first-order valence-electron chi connectivity index (χ1n) is 11.6. The van der Waals surface area contributed by atoms with E-state index in [4.69, 9.17) is 4.74 Å². The summed E-state index contributed by atoms with van der Waals surface area (Å²) in [6, 6.07) is 16.2. The van der Waals surface area contributed by atoms with Crippen molar-refractivity contribution in [1.29, 1.82) is 0 Å². The number of aromatic nitrogens is 2. The van der Waals surface area contributed by atoms with Crippen molar-refractivity contribution in [2.24, 2.45) is 0 Å². The fourth-order valence-electron chi connectivity index (χ4n) is 4.83. The first kappa shape index (κ1) is 21.7. The molecule has 2 aliphatic rings. The van der Waals surface area contributed by atoms with Crippen molar-refractivity contribution in [2.45, 2.75) is 45.4 Å². The van der Waals surface area contributed by atoms with E-state index in [0.717, 1.165) is 55.1 Å². The van der Waals surface area contributed by atoms with Crippen molar-refractivity contribution in [3.05, 3.63) is 82.2 Å². The fraction of sp³-hybridized carbons (Fsp3) is 0.385. The summed E-state index contributed by atoms with van der Waals surface area (Å²) < 4.78 is 7.44. The number of benzene rings is 2. The Kier molecular flexibility index (Phi) is 6.15. The normalized spacial score (nSPS) is 16.1. The maximum atomic E-state index is 13.2. The van der Waals surface area contributed by atoms with Crippen molar-refractivity contribution < 1.29 is 14.6 Å². The molecule has 0 bridgehead atoms. The van der Waals surface area contributed by atoms with Gasteiger partial charge in [0.1, 0.15) is 5.75 Å². The largest absolute Gasteiger partial charge is 0.493 e. The first-order chi connectivity index (χ1) is 16.1. The summed E-state index contributed by atoms with van der Waals surface area (Å²) in [6.07, 6.45) is 1.77. The number of carbonyl (C=O) groups is 1. The van der Waals surface area contributed by atoms with Crippen molar-refractivity contribution in [2.75, 3.05) is 19.8 Å². The molecule has 3 heterocycles. The summed E-state index contributed by atoms with van der Waals surface area (Å²) in [4.78, 5) is 15.6. The van der Waals surface area contributed by atoms with Gasteiger partial charge >= 0.3 is 0 Å². The van der Waals surface area contributed by atoms with E-state index in [9.17, 15) is 9.90 Å². The van der Waals surface area contributed by atoms with E-state index in [1.165, 1.54) is 11.1 Å².